The molecule has 3 rings (SSSR count). The van der Waals surface area contributed by atoms with E-state index in [1.807, 2.05) is 12.1 Å². The van der Waals surface area contributed by atoms with Crippen LogP contribution in [0.2, 0.25) is 0 Å². The van der Waals surface area contributed by atoms with E-state index in [-0.39, 0.29) is 17.8 Å². The third-order valence-electron chi connectivity index (χ3n) is 3.24. The quantitative estimate of drug-likeness (QED) is 0.574. The number of carbonyl (C=O) groups excluding carboxylic acids is 2. The lowest BCUT2D eigenvalue weighted by atomic mass is 10.1. The maximum Gasteiger partial charge on any atom is 0.299 e. The number of amides is 1. The number of carbonyl (C=O) groups is 2. The first kappa shape index (κ1) is 14.1. The van der Waals surface area contributed by atoms with Crippen LogP contribution in [0.3, 0.4) is 0 Å². The molecule has 0 saturated heterocycles. The van der Waals surface area contributed by atoms with Crippen molar-refractivity contribution in [1.29, 1.82) is 0 Å². The zero-order chi connectivity index (χ0) is 15.1. The lowest BCUT2D eigenvalue weighted by Crippen LogP contribution is -2.29. The predicted octanol–water partition coefficient (Wildman–Crippen LogP) is 3.30. The molecule has 2 aromatic rings. The molecule has 1 heterocycles. The lowest BCUT2D eigenvalue weighted by molar-refractivity contribution is -0.114. The van der Waals surface area contributed by atoms with Gasteiger partial charge in [-0.2, -0.15) is 0 Å². The first-order valence-corrected chi connectivity index (χ1v) is 7.15. The Balaban J connectivity index is 2.03. The number of fused-ring (bicyclic) bond motifs is 1. The molecule has 1 amide bonds. The predicted molar refractivity (Wildman–Crippen MR) is 81.0 cm³/mol. The van der Waals surface area contributed by atoms with E-state index >= 15 is 0 Å². The highest BCUT2D eigenvalue weighted by Gasteiger charge is 2.38. The van der Waals surface area contributed by atoms with E-state index in [1.165, 1.54) is 0 Å². The van der Waals surface area contributed by atoms with Gasteiger partial charge in [-0.1, -0.05) is 12.1 Å². The standard InChI is InChI=1S/C15H8F2INO2/c16-9-5-11-13(12(17)6-9)19(15(21)14(11)20)7-8-1-3-10(18)4-2-8/h1-6H,7H2. The van der Waals surface area contributed by atoms with E-state index in [2.05, 4.69) is 22.6 Å². The number of ketones is 1. The van der Waals surface area contributed by atoms with Crippen LogP contribution in [0.25, 0.3) is 0 Å². The summed E-state index contributed by atoms with van der Waals surface area (Å²) >= 11 is 2.14. The minimum atomic E-state index is -0.908. The molecule has 2 aromatic carbocycles. The molecule has 1 aliphatic rings. The molecular weight excluding hydrogens is 391 g/mol. The Morgan fingerprint density at radius 1 is 1.05 bits per heavy atom. The Kier molecular flexibility index (Phi) is 3.48. The molecular formula is C15H8F2INO2. The SMILES string of the molecule is O=C1C(=O)N(Cc2ccc(I)cc2)c2c(F)cc(F)cc21. The lowest BCUT2D eigenvalue weighted by Gasteiger charge is -2.17. The molecule has 6 heteroatoms. The van der Waals surface area contributed by atoms with Crippen LogP contribution in [0.5, 0.6) is 0 Å². The monoisotopic (exact) mass is 399 g/mol. The summed E-state index contributed by atoms with van der Waals surface area (Å²) in [4.78, 5) is 24.9. The molecule has 0 N–H and O–H groups in total. The van der Waals surface area contributed by atoms with Crippen molar-refractivity contribution < 1.29 is 18.4 Å². The average Bonchev–Trinajstić information content (AvgIpc) is 2.67. The zero-order valence-corrected chi connectivity index (χ0v) is 12.7. The zero-order valence-electron chi connectivity index (χ0n) is 10.6. The Morgan fingerprint density at radius 2 is 1.71 bits per heavy atom. The van der Waals surface area contributed by atoms with E-state index in [1.54, 1.807) is 12.1 Å². The van der Waals surface area contributed by atoms with Crippen LogP contribution in [0.4, 0.5) is 14.5 Å². The second kappa shape index (κ2) is 5.18. The Labute approximate surface area is 132 Å². The fourth-order valence-electron chi connectivity index (χ4n) is 2.28. The van der Waals surface area contributed by atoms with Crippen molar-refractivity contribution in [1.82, 2.24) is 0 Å². The van der Waals surface area contributed by atoms with Crippen LogP contribution < -0.4 is 4.90 Å². The Hall–Kier alpha value is -1.83. The smallest absolute Gasteiger partial charge is 0.298 e. The summed E-state index contributed by atoms with van der Waals surface area (Å²) < 4.78 is 28.1. The van der Waals surface area contributed by atoms with Crippen molar-refractivity contribution in [3.63, 3.8) is 0 Å². The highest BCUT2D eigenvalue weighted by atomic mass is 127. The maximum absolute atomic E-state index is 13.9. The first-order chi connectivity index (χ1) is 9.97. The molecule has 0 bridgehead atoms. The minimum Gasteiger partial charge on any atom is -0.298 e. The van der Waals surface area contributed by atoms with Crippen LogP contribution in [0.1, 0.15) is 15.9 Å². The molecule has 0 spiro atoms. The van der Waals surface area contributed by atoms with Gasteiger partial charge in [0.05, 0.1) is 17.8 Å². The van der Waals surface area contributed by atoms with E-state index in [0.717, 1.165) is 20.1 Å². The van der Waals surface area contributed by atoms with Gasteiger partial charge in [0.15, 0.2) is 5.82 Å². The number of anilines is 1. The number of hydrogen-bond donors (Lipinski definition) is 0. The number of benzene rings is 2. The van der Waals surface area contributed by atoms with Crippen molar-refractivity contribution in [2.45, 2.75) is 6.54 Å². The van der Waals surface area contributed by atoms with Gasteiger partial charge in [-0.05, 0) is 46.4 Å². The molecule has 1 aliphatic heterocycles. The summed E-state index contributed by atoms with van der Waals surface area (Å²) in [6.07, 6.45) is 0. The molecule has 21 heavy (non-hydrogen) atoms. The maximum atomic E-state index is 13.9. The van der Waals surface area contributed by atoms with Gasteiger partial charge in [-0.15, -0.1) is 0 Å². The normalized spacial score (nSPS) is 13.8. The van der Waals surface area contributed by atoms with Gasteiger partial charge < -0.3 is 0 Å². The van der Waals surface area contributed by atoms with Gasteiger partial charge in [-0.3, -0.25) is 14.5 Å². The summed E-state index contributed by atoms with van der Waals surface area (Å²) in [6, 6.07) is 8.84. The molecule has 0 aliphatic carbocycles. The van der Waals surface area contributed by atoms with Gasteiger partial charge in [0, 0.05) is 9.64 Å². The number of nitrogens with zero attached hydrogens (tertiary/aromatic N) is 1. The molecule has 3 nitrogen and oxygen atoms in total. The molecule has 106 valence electrons. The van der Waals surface area contributed by atoms with Gasteiger partial charge in [0.25, 0.3) is 11.7 Å². The van der Waals surface area contributed by atoms with Crippen molar-refractivity contribution >= 4 is 40.0 Å². The van der Waals surface area contributed by atoms with E-state index in [4.69, 9.17) is 0 Å². The number of Topliss-reactive ketones (excluding diaryl/α,β-unsaturated/α-hetero) is 1. The third-order valence-corrected chi connectivity index (χ3v) is 3.96. The van der Waals surface area contributed by atoms with E-state index in [9.17, 15) is 18.4 Å². The van der Waals surface area contributed by atoms with Crippen molar-refractivity contribution in [3.05, 3.63) is 62.7 Å². The summed E-state index contributed by atoms with van der Waals surface area (Å²) in [5.41, 5.74) is 0.390. The third kappa shape index (κ3) is 2.44. The first-order valence-electron chi connectivity index (χ1n) is 6.07. The molecule has 0 aromatic heterocycles. The van der Waals surface area contributed by atoms with Crippen molar-refractivity contribution in [2.24, 2.45) is 0 Å². The summed E-state index contributed by atoms with van der Waals surface area (Å²) in [5.74, 6) is -3.50. The summed E-state index contributed by atoms with van der Waals surface area (Å²) in [5, 5.41) is 0. The molecule has 0 saturated carbocycles. The topological polar surface area (TPSA) is 37.4 Å². The van der Waals surface area contributed by atoms with Crippen molar-refractivity contribution in [3.8, 4) is 0 Å². The fourth-order valence-corrected chi connectivity index (χ4v) is 2.64. The number of halogens is 3. The minimum absolute atomic E-state index is 0.0665. The second-order valence-corrected chi connectivity index (χ2v) is 5.88. The molecule has 0 radical (unpaired) electrons. The Bertz CT molecular complexity index is 759. The average molecular weight is 399 g/mol. The number of hydrogen-bond acceptors (Lipinski definition) is 2. The second-order valence-electron chi connectivity index (χ2n) is 4.63. The molecule has 0 fully saturated rings. The largest absolute Gasteiger partial charge is 0.299 e. The van der Waals surface area contributed by atoms with Gasteiger partial charge >= 0.3 is 0 Å². The van der Waals surface area contributed by atoms with Crippen LogP contribution >= 0.6 is 22.6 Å². The molecule has 0 unspecified atom stereocenters. The van der Waals surface area contributed by atoms with E-state index < -0.39 is 23.3 Å². The van der Waals surface area contributed by atoms with E-state index in [0.29, 0.717) is 6.07 Å². The fraction of sp³-hybridized carbons (Fsp3) is 0.0667. The van der Waals surface area contributed by atoms with Gasteiger partial charge in [-0.25, -0.2) is 8.78 Å². The highest BCUT2D eigenvalue weighted by molar-refractivity contribution is 14.1. The van der Waals surface area contributed by atoms with Gasteiger partial charge in [0.2, 0.25) is 0 Å². The molecule has 0 atom stereocenters. The van der Waals surface area contributed by atoms with Crippen LogP contribution in [-0.4, -0.2) is 11.7 Å². The Morgan fingerprint density at radius 3 is 2.38 bits per heavy atom. The van der Waals surface area contributed by atoms with Crippen molar-refractivity contribution in [2.75, 3.05) is 4.90 Å². The highest BCUT2D eigenvalue weighted by Crippen LogP contribution is 2.33. The summed E-state index contributed by atoms with van der Waals surface area (Å²) in [7, 11) is 0. The number of rotatable bonds is 2. The summed E-state index contributed by atoms with van der Waals surface area (Å²) in [6.45, 7) is 0.0665. The van der Waals surface area contributed by atoms with Crippen LogP contribution in [0, 0.1) is 15.2 Å². The van der Waals surface area contributed by atoms with Gasteiger partial charge in [0.1, 0.15) is 5.82 Å². The van der Waals surface area contributed by atoms with Crippen LogP contribution in [0.15, 0.2) is 36.4 Å². The van der Waals surface area contributed by atoms with Crippen LogP contribution in [-0.2, 0) is 11.3 Å².